The first-order chi connectivity index (χ1) is 15.5. The van der Waals surface area contributed by atoms with Gasteiger partial charge in [-0.1, -0.05) is 20.8 Å². The average molecular weight is 510 g/mol. The van der Waals surface area contributed by atoms with Gasteiger partial charge in [0.15, 0.2) is 5.13 Å². The monoisotopic (exact) mass is 509 g/mol. The molecule has 2 heterocycles. The zero-order chi connectivity index (χ0) is 25.9. The normalized spacial score (nSPS) is 13.9. The number of nitrogens with one attached hydrogen (secondary N) is 3. The number of anilines is 2. The van der Waals surface area contributed by atoms with Crippen LogP contribution in [-0.2, 0) is 4.79 Å². The molecule has 186 valence electrons. The number of thiophene rings is 1. The molecule has 0 aliphatic carbocycles. The van der Waals surface area contributed by atoms with E-state index in [2.05, 4.69) is 20.9 Å². The second-order valence-corrected chi connectivity index (χ2v) is 11.6. The summed E-state index contributed by atoms with van der Waals surface area (Å²) in [5.41, 5.74) is -1.12. The molecule has 0 aromatic carbocycles. The van der Waals surface area contributed by atoms with E-state index in [1.54, 1.807) is 53.7 Å². The Morgan fingerprint density at radius 3 is 2.21 bits per heavy atom. The first-order valence-corrected chi connectivity index (χ1v) is 12.1. The fraction of sp³-hybridized carbons (Fsp3) is 0.455. The molecule has 5 N–H and O–H groups in total. The highest BCUT2D eigenvalue weighted by molar-refractivity contribution is 7.17. The molecule has 2 aromatic rings. The van der Waals surface area contributed by atoms with Crippen LogP contribution in [0, 0.1) is 5.41 Å². The minimum Gasteiger partial charge on any atom is -0.465 e. The van der Waals surface area contributed by atoms with Gasteiger partial charge in [-0.25, -0.2) is 14.6 Å². The highest BCUT2D eigenvalue weighted by Gasteiger charge is 2.54. The van der Waals surface area contributed by atoms with E-state index in [0.29, 0.717) is 15.8 Å². The van der Waals surface area contributed by atoms with Gasteiger partial charge in [-0.15, -0.1) is 22.7 Å². The number of rotatable bonds is 7. The smallest absolute Gasteiger partial charge is 0.411 e. The average Bonchev–Trinajstić information content (AvgIpc) is 3.25. The summed E-state index contributed by atoms with van der Waals surface area (Å²) in [6, 6.07) is 3.60. The van der Waals surface area contributed by atoms with Crippen LogP contribution in [0.25, 0.3) is 12.2 Å². The molecule has 1 unspecified atom stereocenters. The molecule has 34 heavy (non-hydrogen) atoms. The number of aromatic nitrogens is 1. The van der Waals surface area contributed by atoms with Crippen LogP contribution in [0.15, 0.2) is 17.5 Å². The highest BCUT2D eigenvalue weighted by Crippen LogP contribution is 2.40. The maximum Gasteiger partial charge on any atom is 0.411 e. The van der Waals surface area contributed by atoms with Gasteiger partial charge in [0.1, 0.15) is 0 Å². The summed E-state index contributed by atoms with van der Waals surface area (Å²) in [5, 5.41) is 30.9. The molecule has 0 aliphatic heterocycles. The first-order valence-electron chi connectivity index (χ1n) is 10.4. The third kappa shape index (κ3) is 6.48. The molecular formula is C22H31N5O5S2. The summed E-state index contributed by atoms with van der Waals surface area (Å²) in [4.78, 5) is 41.6. The number of amides is 3. The number of carboxylic acid groups (broad SMARTS) is 2. The number of carbonyl (C=O) groups is 3. The van der Waals surface area contributed by atoms with Crippen molar-refractivity contribution in [3.63, 3.8) is 0 Å². The van der Waals surface area contributed by atoms with Crippen molar-refractivity contribution in [2.24, 2.45) is 5.41 Å². The summed E-state index contributed by atoms with van der Waals surface area (Å²) in [5.74, 6) is -1.86. The van der Waals surface area contributed by atoms with E-state index in [9.17, 15) is 24.6 Å². The van der Waals surface area contributed by atoms with Crippen LogP contribution in [-0.4, -0.2) is 49.5 Å². The first kappa shape index (κ1) is 27.1. The zero-order valence-electron chi connectivity index (χ0n) is 20.2. The molecule has 12 heteroatoms. The van der Waals surface area contributed by atoms with Crippen LogP contribution < -0.4 is 16.0 Å². The van der Waals surface area contributed by atoms with Gasteiger partial charge in [0.05, 0.1) is 10.7 Å². The lowest BCUT2D eigenvalue weighted by Crippen LogP contribution is -2.76. The van der Waals surface area contributed by atoms with Gasteiger partial charge in [0, 0.05) is 28.1 Å². The standard InChI is InChI=1S/C22H31N5O5S2/c1-13(28)23-17-24-14(12-33-17)8-9-15-10-11-16(34-15)25-22(20(2,3)4,26-18(29)30)27(19(31)32)21(5,6)7/h8-12,25-26H,1-7H3,(H,29,30)(H,31,32)(H,23,24,28)/b9-8+. The topological polar surface area (TPSA) is 144 Å². The maximum atomic E-state index is 12.4. The Bertz CT molecular complexity index is 1080. The third-order valence-corrected chi connectivity index (χ3v) is 6.47. The van der Waals surface area contributed by atoms with Crippen LogP contribution >= 0.6 is 22.7 Å². The molecule has 2 rings (SSSR count). The molecule has 0 saturated heterocycles. The van der Waals surface area contributed by atoms with Crippen molar-refractivity contribution in [3.05, 3.63) is 28.1 Å². The second-order valence-electron chi connectivity index (χ2n) is 9.60. The number of hydrogen-bond donors (Lipinski definition) is 5. The Morgan fingerprint density at radius 2 is 1.71 bits per heavy atom. The van der Waals surface area contributed by atoms with Gasteiger partial charge in [0.25, 0.3) is 0 Å². The molecule has 0 saturated carbocycles. The van der Waals surface area contributed by atoms with Crippen molar-refractivity contribution >= 4 is 63.1 Å². The predicted molar refractivity (Wildman–Crippen MR) is 136 cm³/mol. The number of hydrogen-bond acceptors (Lipinski definition) is 7. The van der Waals surface area contributed by atoms with Crippen LogP contribution in [0.2, 0.25) is 0 Å². The molecule has 1 atom stereocenters. The Morgan fingerprint density at radius 1 is 1.06 bits per heavy atom. The number of carbonyl (C=O) groups excluding carboxylic acids is 1. The van der Waals surface area contributed by atoms with E-state index >= 15 is 0 Å². The molecular weight excluding hydrogens is 478 g/mol. The molecule has 3 amide bonds. The largest absolute Gasteiger partial charge is 0.465 e. The maximum absolute atomic E-state index is 12.4. The van der Waals surface area contributed by atoms with E-state index in [4.69, 9.17) is 0 Å². The van der Waals surface area contributed by atoms with Gasteiger partial charge in [-0.05, 0) is 45.1 Å². The quantitative estimate of drug-likeness (QED) is 0.310. The van der Waals surface area contributed by atoms with E-state index in [1.165, 1.54) is 29.6 Å². The SMILES string of the molecule is CC(=O)Nc1nc(/C=C/c2ccc(NC(NC(=O)O)(N(C(=O)O)C(C)(C)C)C(C)(C)C)s2)cs1. The summed E-state index contributed by atoms with van der Waals surface area (Å²) in [6.45, 7) is 11.8. The Hall–Kier alpha value is -3.12. The zero-order valence-corrected chi connectivity index (χ0v) is 21.8. The van der Waals surface area contributed by atoms with E-state index in [0.717, 1.165) is 9.78 Å². The summed E-state index contributed by atoms with van der Waals surface area (Å²) in [6.07, 6.45) is 1.01. The van der Waals surface area contributed by atoms with Gasteiger partial charge in [-0.3, -0.25) is 15.0 Å². The molecule has 0 bridgehead atoms. The van der Waals surface area contributed by atoms with Crippen LogP contribution in [0.3, 0.4) is 0 Å². The fourth-order valence-corrected chi connectivity index (χ4v) is 4.95. The predicted octanol–water partition coefficient (Wildman–Crippen LogP) is 5.49. The number of thiazole rings is 1. The Kier molecular flexibility index (Phi) is 7.99. The lowest BCUT2D eigenvalue weighted by Gasteiger charge is -2.55. The molecule has 10 nitrogen and oxygen atoms in total. The summed E-state index contributed by atoms with van der Waals surface area (Å²) in [7, 11) is 0. The minimum atomic E-state index is -1.67. The molecule has 0 radical (unpaired) electrons. The van der Waals surface area contributed by atoms with Gasteiger partial charge < -0.3 is 20.8 Å². The minimum absolute atomic E-state index is 0.193. The third-order valence-electron chi connectivity index (χ3n) is 4.72. The summed E-state index contributed by atoms with van der Waals surface area (Å²) < 4.78 is 0. The molecule has 0 spiro atoms. The van der Waals surface area contributed by atoms with Crippen molar-refractivity contribution < 1.29 is 24.6 Å². The highest BCUT2D eigenvalue weighted by atomic mass is 32.1. The van der Waals surface area contributed by atoms with Crippen LogP contribution in [0.1, 0.15) is 59.0 Å². The van der Waals surface area contributed by atoms with Gasteiger partial charge >= 0.3 is 12.2 Å². The molecule has 0 fully saturated rings. The number of nitrogens with zero attached hydrogens (tertiary/aromatic N) is 2. The van der Waals surface area contributed by atoms with Crippen molar-refractivity contribution in [2.45, 2.75) is 59.8 Å². The summed E-state index contributed by atoms with van der Waals surface area (Å²) >= 11 is 2.65. The van der Waals surface area contributed by atoms with Gasteiger partial charge in [0.2, 0.25) is 11.7 Å². The lowest BCUT2D eigenvalue weighted by atomic mass is 9.83. The molecule has 0 aliphatic rings. The molecule has 2 aromatic heterocycles. The van der Waals surface area contributed by atoms with E-state index in [-0.39, 0.29) is 5.91 Å². The van der Waals surface area contributed by atoms with Crippen molar-refractivity contribution in [2.75, 3.05) is 10.6 Å². The lowest BCUT2D eigenvalue weighted by molar-refractivity contribution is -0.114. The Labute approximate surface area is 206 Å². The van der Waals surface area contributed by atoms with E-state index in [1.807, 2.05) is 17.5 Å². The van der Waals surface area contributed by atoms with Crippen molar-refractivity contribution in [1.29, 1.82) is 0 Å². The van der Waals surface area contributed by atoms with Gasteiger partial charge in [-0.2, -0.15) is 0 Å². The second kappa shape index (κ2) is 10.0. The fourth-order valence-electron chi connectivity index (χ4n) is 3.37. The van der Waals surface area contributed by atoms with E-state index < -0.39 is 28.9 Å². The van der Waals surface area contributed by atoms with Crippen LogP contribution in [0.5, 0.6) is 0 Å². The van der Waals surface area contributed by atoms with Crippen LogP contribution in [0.4, 0.5) is 19.7 Å². The van der Waals surface area contributed by atoms with Crippen molar-refractivity contribution in [3.8, 4) is 0 Å². The Balaban J connectivity index is 2.41. The van der Waals surface area contributed by atoms with Crippen molar-refractivity contribution in [1.82, 2.24) is 15.2 Å².